The Bertz CT molecular complexity index is 1500. The van der Waals surface area contributed by atoms with Gasteiger partial charge in [-0.3, -0.25) is 0 Å². The molecule has 2 aromatic heterocycles. The maximum absolute atomic E-state index is 13.3. The highest BCUT2D eigenvalue weighted by molar-refractivity contribution is 6.32. The molecule has 0 unspecified atom stereocenters. The van der Waals surface area contributed by atoms with Gasteiger partial charge in [0.25, 0.3) is 11.8 Å². The molecule has 0 spiro atoms. The van der Waals surface area contributed by atoms with Gasteiger partial charge < -0.3 is 14.0 Å². The minimum absolute atomic E-state index is 0.108. The Morgan fingerprint density at radius 1 is 1.00 bits per heavy atom. The monoisotopic (exact) mass is 505 g/mol. The van der Waals surface area contributed by atoms with Crippen molar-refractivity contribution in [2.45, 2.75) is 6.61 Å². The van der Waals surface area contributed by atoms with Crippen LogP contribution < -0.4 is 4.74 Å². The quantitative estimate of drug-likeness (QED) is 0.218. The number of halogens is 2. The Hall–Kier alpha value is -4.64. The number of ether oxygens (including phenoxy) is 1. The Balaban J connectivity index is 1.36. The third-order valence-electron chi connectivity index (χ3n) is 4.92. The summed E-state index contributed by atoms with van der Waals surface area (Å²) < 4.78 is 26.4. The minimum Gasteiger partial charge on any atom is -0.455 e. The molecule has 3 aromatic carbocycles. The number of hydrogen-bond donors (Lipinski definition) is 0. The average Bonchev–Trinajstić information content (AvgIpc) is 3.54. The smallest absolute Gasteiger partial charge is 0.257 e. The second kappa shape index (κ2) is 10.3. The van der Waals surface area contributed by atoms with Crippen LogP contribution in [0.5, 0.6) is 11.5 Å². The molecule has 0 radical (unpaired) electrons. The maximum Gasteiger partial charge on any atom is 0.257 e. The first kappa shape index (κ1) is 23.1. The molecule has 0 bridgehead atoms. The number of para-hydroxylation sites is 1. The molecule has 0 N–H and O–H groups in total. The standard InChI is InChI=1S/C24H17ClFN7O3/c1-33-23(28-31-32-33)21(15-6-3-2-4-7-15)30-34-14-20-27-29-24(36-20)18-8-5-9-19(25)22(18)35-17-12-10-16(26)11-13-17/h2-13H,14H2,1H3/b30-21-. The molecule has 0 amide bonds. The molecular formula is C24H17ClFN7O3. The van der Waals surface area contributed by atoms with Crippen LogP contribution in [-0.2, 0) is 18.5 Å². The molecular weight excluding hydrogens is 489 g/mol. The van der Waals surface area contributed by atoms with Crippen LogP contribution in [0.3, 0.4) is 0 Å². The molecule has 10 nitrogen and oxygen atoms in total. The van der Waals surface area contributed by atoms with E-state index in [-0.39, 0.29) is 24.2 Å². The van der Waals surface area contributed by atoms with E-state index in [0.717, 1.165) is 5.56 Å². The SMILES string of the molecule is Cn1nnnc1/C(=N\OCc1nnc(-c2cccc(Cl)c2Oc2ccc(F)cc2)o1)c1ccccc1. The number of nitrogens with zero attached hydrogens (tertiary/aromatic N) is 7. The predicted molar refractivity (Wildman–Crippen MR) is 127 cm³/mol. The fourth-order valence-corrected chi connectivity index (χ4v) is 3.44. The van der Waals surface area contributed by atoms with E-state index in [0.29, 0.717) is 33.6 Å². The molecule has 0 saturated heterocycles. The predicted octanol–water partition coefficient (Wildman–Crippen LogP) is 4.81. The third kappa shape index (κ3) is 5.05. The Labute approximate surface area is 208 Å². The minimum atomic E-state index is -0.378. The summed E-state index contributed by atoms with van der Waals surface area (Å²) >= 11 is 6.36. The van der Waals surface area contributed by atoms with Crippen molar-refractivity contribution < 1.29 is 18.4 Å². The first-order chi connectivity index (χ1) is 17.6. The Kier molecular flexibility index (Phi) is 6.63. The lowest BCUT2D eigenvalue weighted by Crippen LogP contribution is -2.12. The highest BCUT2D eigenvalue weighted by atomic mass is 35.5. The summed E-state index contributed by atoms with van der Waals surface area (Å²) in [6, 6.07) is 20.0. The Morgan fingerprint density at radius 3 is 2.56 bits per heavy atom. The summed E-state index contributed by atoms with van der Waals surface area (Å²) in [5.74, 6) is 1.07. The fourth-order valence-electron chi connectivity index (χ4n) is 3.22. The van der Waals surface area contributed by atoms with Crippen molar-refractivity contribution in [3.05, 3.63) is 101 Å². The molecule has 180 valence electrons. The summed E-state index contributed by atoms with van der Waals surface area (Å²) in [5, 5.41) is 24.2. The zero-order valence-electron chi connectivity index (χ0n) is 18.7. The second-order valence-corrected chi connectivity index (χ2v) is 7.79. The van der Waals surface area contributed by atoms with Crippen LogP contribution in [0.2, 0.25) is 5.02 Å². The topological polar surface area (TPSA) is 113 Å². The number of oxime groups is 1. The highest BCUT2D eigenvalue weighted by Crippen LogP contribution is 2.38. The zero-order chi connectivity index (χ0) is 24.9. The molecule has 0 atom stereocenters. The zero-order valence-corrected chi connectivity index (χ0v) is 19.5. The van der Waals surface area contributed by atoms with Crippen LogP contribution in [0.25, 0.3) is 11.5 Å². The largest absolute Gasteiger partial charge is 0.455 e. The lowest BCUT2D eigenvalue weighted by atomic mass is 10.1. The van der Waals surface area contributed by atoms with Crippen LogP contribution in [0.1, 0.15) is 17.3 Å². The molecule has 36 heavy (non-hydrogen) atoms. The molecule has 0 aliphatic heterocycles. The van der Waals surface area contributed by atoms with Gasteiger partial charge in [0.1, 0.15) is 11.6 Å². The van der Waals surface area contributed by atoms with Gasteiger partial charge >= 0.3 is 0 Å². The van der Waals surface area contributed by atoms with Gasteiger partial charge in [-0.05, 0) is 46.8 Å². The van der Waals surface area contributed by atoms with E-state index in [1.165, 1.54) is 28.9 Å². The Morgan fingerprint density at radius 2 is 1.81 bits per heavy atom. The van der Waals surface area contributed by atoms with Crippen LogP contribution in [-0.4, -0.2) is 36.1 Å². The molecule has 0 saturated carbocycles. The molecule has 0 aliphatic carbocycles. The van der Waals surface area contributed by atoms with Crippen molar-refractivity contribution in [2.75, 3.05) is 0 Å². The van der Waals surface area contributed by atoms with Crippen LogP contribution in [0.4, 0.5) is 4.39 Å². The van der Waals surface area contributed by atoms with Crippen molar-refractivity contribution in [3.63, 3.8) is 0 Å². The molecule has 5 rings (SSSR count). The van der Waals surface area contributed by atoms with Gasteiger partial charge in [0.05, 0.1) is 10.6 Å². The normalized spacial score (nSPS) is 11.5. The lowest BCUT2D eigenvalue weighted by Gasteiger charge is -2.10. The van der Waals surface area contributed by atoms with E-state index in [4.69, 9.17) is 25.6 Å². The maximum atomic E-state index is 13.3. The van der Waals surface area contributed by atoms with Gasteiger partial charge in [-0.25, -0.2) is 9.07 Å². The average molecular weight is 506 g/mol. The third-order valence-corrected chi connectivity index (χ3v) is 5.22. The van der Waals surface area contributed by atoms with E-state index in [1.54, 1.807) is 25.2 Å². The fraction of sp³-hybridized carbons (Fsp3) is 0.0833. The number of aromatic nitrogens is 6. The number of hydrogen-bond acceptors (Lipinski definition) is 9. The van der Waals surface area contributed by atoms with E-state index in [9.17, 15) is 4.39 Å². The molecule has 12 heteroatoms. The van der Waals surface area contributed by atoms with E-state index >= 15 is 0 Å². The van der Waals surface area contributed by atoms with Gasteiger partial charge in [0, 0.05) is 12.6 Å². The molecule has 5 aromatic rings. The van der Waals surface area contributed by atoms with Crippen molar-refractivity contribution in [3.8, 4) is 23.0 Å². The number of benzene rings is 3. The van der Waals surface area contributed by atoms with Crippen molar-refractivity contribution in [1.82, 2.24) is 30.4 Å². The van der Waals surface area contributed by atoms with Crippen LogP contribution in [0, 0.1) is 5.82 Å². The lowest BCUT2D eigenvalue weighted by molar-refractivity contribution is 0.111. The first-order valence-corrected chi connectivity index (χ1v) is 11.0. The summed E-state index contributed by atoms with van der Waals surface area (Å²) in [4.78, 5) is 5.52. The first-order valence-electron chi connectivity index (χ1n) is 10.6. The van der Waals surface area contributed by atoms with Gasteiger partial charge in [0.15, 0.2) is 18.1 Å². The van der Waals surface area contributed by atoms with E-state index in [2.05, 4.69) is 30.9 Å². The van der Waals surface area contributed by atoms with Gasteiger partial charge in [-0.1, -0.05) is 53.2 Å². The highest BCUT2D eigenvalue weighted by Gasteiger charge is 2.19. The number of tetrazole rings is 1. The van der Waals surface area contributed by atoms with Crippen LogP contribution >= 0.6 is 11.6 Å². The molecule has 2 heterocycles. The van der Waals surface area contributed by atoms with Crippen molar-refractivity contribution in [2.24, 2.45) is 12.2 Å². The van der Waals surface area contributed by atoms with E-state index < -0.39 is 0 Å². The summed E-state index contributed by atoms with van der Waals surface area (Å²) in [6.07, 6.45) is 0. The summed E-state index contributed by atoms with van der Waals surface area (Å²) in [6.45, 7) is -0.108. The molecule has 0 aliphatic rings. The van der Waals surface area contributed by atoms with Crippen molar-refractivity contribution in [1.29, 1.82) is 0 Å². The summed E-state index contributed by atoms with van der Waals surface area (Å²) in [7, 11) is 1.70. The van der Waals surface area contributed by atoms with Gasteiger partial charge in [0.2, 0.25) is 5.82 Å². The van der Waals surface area contributed by atoms with Gasteiger partial charge in [-0.15, -0.1) is 15.3 Å². The van der Waals surface area contributed by atoms with Gasteiger partial charge in [-0.2, -0.15) is 0 Å². The number of aryl methyl sites for hydroxylation is 1. The van der Waals surface area contributed by atoms with Crippen molar-refractivity contribution >= 4 is 17.3 Å². The second-order valence-electron chi connectivity index (χ2n) is 7.38. The summed E-state index contributed by atoms with van der Waals surface area (Å²) in [5.41, 5.74) is 1.67. The van der Waals surface area contributed by atoms with Crippen LogP contribution in [0.15, 0.2) is 82.4 Å². The number of rotatable bonds is 8. The van der Waals surface area contributed by atoms with E-state index in [1.807, 2.05) is 30.3 Å². The molecule has 0 fully saturated rings.